The number of benzene rings is 1. The predicted octanol–water partition coefficient (Wildman–Crippen LogP) is 3.52. The summed E-state index contributed by atoms with van der Waals surface area (Å²) in [5, 5.41) is 8.41. The minimum atomic E-state index is -0.271. The lowest BCUT2D eigenvalue weighted by molar-refractivity contribution is -0.123. The van der Waals surface area contributed by atoms with E-state index < -0.39 is 0 Å². The van der Waals surface area contributed by atoms with E-state index in [-0.39, 0.29) is 23.4 Å². The highest BCUT2D eigenvalue weighted by molar-refractivity contribution is 7.09. The van der Waals surface area contributed by atoms with E-state index in [1.807, 2.05) is 12.1 Å². The maximum atomic E-state index is 12.6. The summed E-state index contributed by atoms with van der Waals surface area (Å²) < 4.78 is 0. The van der Waals surface area contributed by atoms with Crippen molar-refractivity contribution in [2.45, 2.75) is 56.5 Å². The molecular weight excluding hydrogens is 344 g/mol. The summed E-state index contributed by atoms with van der Waals surface area (Å²) >= 11 is 1.71. The van der Waals surface area contributed by atoms with Gasteiger partial charge < -0.3 is 10.6 Å². The number of carbonyl (C=O) groups excluding carboxylic acids is 2. The molecule has 5 heteroatoms. The van der Waals surface area contributed by atoms with Gasteiger partial charge >= 0.3 is 0 Å². The van der Waals surface area contributed by atoms with E-state index in [4.69, 9.17) is 0 Å². The molecule has 1 aromatic carbocycles. The van der Waals surface area contributed by atoms with E-state index in [1.165, 1.54) is 16.0 Å². The first-order valence-electron chi connectivity index (χ1n) is 9.34. The van der Waals surface area contributed by atoms with Crippen LogP contribution in [0.4, 0.5) is 0 Å². The van der Waals surface area contributed by atoms with Crippen molar-refractivity contribution < 1.29 is 9.59 Å². The van der Waals surface area contributed by atoms with Gasteiger partial charge in [-0.05, 0) is 48.3 Å². The molecule has 4 nitrogen and oxygen atoms in total. The highest BCUT2D eigenvalue weighted by Crippen LogP contribution is 2.33. The Morgan fingerprint density at radius 2 is 2.12 bits per heavy atom. The summed E-state index contributed by atoms with van der Waals surface area (Å²) in [4.78, 5) is 25.7. The molecule has 2 aliphatic rings. The molecule has 2 atom stereocenters. The zero-order chi connectivity index (χ0) is 18.0. The van der Waals surface area contributed by atoms with Crippen molar-refractivity contribution in [2.24, 2.45) is 0 Å². The Labute approximate surface area is 158 Å². The Balaban J connectivity index is 1.37. The fourth-order valence-electron chi connectivity index (χ4n) is 4.26. The molecule has 2 heterocycles. The van der Waals surface area contributed by atoms with E-state index in [2.05, 4.69) is 40.3 Å². The molecule has 136 valence electrons. The Morgan fingerprint density at radius 3 is 2.88 bits per heavy atom. The third-order valence-corrected chi connectivity index (χ3v) is 6.50. The number of aryl methyl sites for hydroxylation is 1. The number of hydrogen-bond acceptors (Lipinski definition) is 3. The van der Waals surface area contributed by atoms with Crippen LogP contribution >= 0.6 is 11.3 Å². The topological polar surface area (TPSA) is 58.2 Å². The average Bonchev–Trinajstić information content (AvgIpc) is 3.36. The van der Waals surface area contributed by atoms with Crippen LogP contribution in [0.1, 0.15) is 54.1 Å². The van der Waals surface area contributed by atoms with Gasteiger partial charge in [0, 0.05) is 29.7 Å². The molecule has 26 heavy (non-hydrogen) atoms. The highest BCUT2D eigenvalue weighted by atomic mass is 32.1. The largest absolute Gasteiger partial charge is 0.350 e. The number of nitrogens with one attached hydrogen (secondary N) is 2. The minimum Gasteiger partial charge on any atom is -0.350 e. The summed E-state index contributed by atoms with van der Waals surface area (Å²) in [5.74, 6) is 0.185. The predicted molar refractivity (Wildman–Crippen MR) is 103 cm³/mol. The monoisotopic (exact) mass is 368 g/mol. The summed E-state index contributed by atoms with van der Waals surface area (Å²) in [6, 6.07) is 12.6. The normalized spacial score (nSPS) is 24.3. The molecule has 1 aliphatic heterocycles. The van der Waals surface area contributed by atoms with Gasteiger partial charge in [-0.25, -0.2) is 0 Å². The van der Waals surface area contributed by atoms with E-state index in [9.17, 15) is 9.59 Å². The van der Waals surface area contributed by atoms with Crippen molar-refractivity contribution in [1.82, 2.24) is 10.6 Å². The second kappa shape index (κ2) is 7.23. The van der Waals surface area contributed by atoms with Crippen molar-refractivity contribution in [1.29, 1.82) is 0 Å². The van der Waals surface area contributed by atoms with Crippen LogP contribution in [0.25, 0.3) is 0 Å². The van der Waals surface area contributed by atoms with Crippen molar-refractivity contribution in [2.75, 3.05) is 0 Å². The molecule has 2 N–H and O–H groups in total. The quantitative estimate of drug-likeness (QED) is 0.820. The minimum absolute atomic E-state index is 0.0819. The summed E-state index contributed by atoms with van der Waals surface area (Å²) in [6.45, 7) is 0. The van der Waals surface area contributed by atoms with Gasteiger partial charge in [0.25, 0.3) is 0 Å². The molecule has 1 aliphatic carbocycles. The number of rotatable bonds is 6. The fraction of sp³-hybridized carbons (Fsp3) is 0.429. The second-order valence-corrected chi connectivity index (χ2v) is 8.47. The van der Waals surface area contributed by atoms with Gasteiger partial charge in [-0.2, -0.15) is 0 Å². The van der Waals surface area contributed by atoms with Crippen LogP contribution in [0.2, 0.25) is 0 Å². The summed E-state index contributed by atoms with van der Waals surface area (Å²) in [7, 11) is 0. The average molecular weight is 369 g/mol. The fourth-order valence-corrected chi connectivity index (χ4v) is 5.10. The Bertz CT molecular complexity index is 802. The molecule has 1 aromatic heterocycles. The van der Waals surface area contributed by atoms with Crippen LogP contribution < -0.4 is 10.6 Å². The first-order valence-corrected chi connectivity index (χ1v) is 10.2. The van der Waals surface area contributed by atoms with Crippen LogP contribution in [-0.4, -0.2) is 17.4 Å². The molecule has 1 saturated heterocycles. The van der Waals surface area contributed by atoms with Crippen LogP contribution in [0, 0.1) is 0 Å². The van der Waals surface area contributed by atoms with Gasteiger partial charge in [0.15, 0.2) is 0 Å². The second-order valence-electron chi connectivity index (χ2n) is 7.44. The first kappa shape index (κ1) is 17.3. The molecule has 0 radical (unpaired) electrons. The van der Waals surface area contributed by atoms with E-state index in [0.717, 1.165) is 25.7 Å². The lowest BCUT2D eigenvalue weighted by Crippen LogP contribution is -2.44. The van der Waals surface area contributed by atoms with Crippen molar-refractivity contribution in [3.8, 4) is 0 Å². The van der Waals surface area contributed by atoms with E-state index in [1.54, 1.807) is 11.3 Å². The standard InChI is InChI=1S/C21H24N2O2S/c24-19(22-18-8-7-15-4-1-2-6-17(15)18)9-11-21(12-10-20(25)23-21)14-16-5-3-13-26-16/h1-6,13,18H,7-12,14H2,(H,22,24)(H,23,25). The van der Waals surface area contributed by atoms with Crippen LogP contribution in [0.5, 0.6) is 0 Å². The smallest absolute Gasteiger partial charge is 0.220 e. The third-order valence-electron chi connectivity index (χ3n) is 5.63. The van der Waals surface area contributed by atoms with Crippen molar-refractivity contribution in [3.05, 3.63) is 57.8 Å². The zero-order valence-corrected chi connectivity index (χ0v) is 15.6. The summed E-state index contributed by atoms with van der Waals surface area (Å²) in [5.41, 5.74) is 2.32. The van der Waals surface area contributed by atoms with Gasteiger partial charge in [0.2, 0.25) is 11.8 Å². The zero-order valence-electron chi connectivity index (χ0n) is 14.8. The first-order chi connectivity index (χ1) is 12.6. The van der Waals surface area contributed by atoms with Crippen LogP contribution in [0.15, 0.2) is 41.8 Å². The molecule has 2 aromatic rings. The van der Waals surface area contributed by atoms with Gasteiger partial charge in [-0.15, -0.1) is 11.3 Å². The number of thiophene rings is 1. The van der Waals surface area contributed by atoms with Gasteiger partial charge in [0.1, 0.15) is 0 Å². The SMILES string of the molecule is O=C(CCC1(Cc2cccs2)CCC(=O)N1)NC1CCc2ccccc21. The van der Waals surface area contributed by atoms with Crippen LogP contribution in [-0.2, 0) is 22.4 Å². The van der Waals surface area contributed by atoms with Gasteiger partial charge in [-0.1, -0.05) is 30.3 Å². The molecule has 4 rings (SSSR count). The molecule has 2 amide bonds. The molecule has 2 unspecified atom stereocenters. The molecular formula is C21H24N2O2S. The molecule has 0 saturated carbocycles. The maximum absolute atomic E-state index is 12.6. The number of carbonyl (C=O) groups is 2. The molecule has 1 fully saturated rings. The number of amides is 2. The van der Waals surface area contributed by atoms with E-state index in [0.29, 0.717) is 19.3 Å². The number of fused-ring (bicyclic) bond motifs is 1. The Kier molecular flexibility index (Phi) is 4.81. The van der Waals surface area contributed by atoms with Crippen molar-refractivity contribution >= 4 is 23.2 Å². The van der Waals surface area contributed by atoms with Crippen molar-refractivity contribution in [3.63, 3.8) is 0 Å². The number of hydrogen-bond donors (Lipinski definition) is 2. The Morgan fingerprint density at radius 1 is 1.23 bits per heavy atom. The van der Waals surface area contributed by atoms with E-state index >= 15 is 0 Å². The summed E-state index contributed by atoms with van der Waals surface area (Å²) in [6.07, 6.45) is 5.32. The molecule has 0 spiro atoms. The molecule has 0 bridgehead atoms. The van der Waals surface area contributed by atoms with Gasteiger partial charge in [0.05, 0.1) is 6.04 Å². The highest BCUT2D eigenvalue weighted by Gasteiger charge is 2.38. The van der Waals surface area contributed by atoms with Crippen LogP contribution in [0.3, 0.4) is 0 Å². The lowest BCUT2D eigenvalue weighted by atomic mass is 9.87. The maximum Gasteiger partial charge on any atom is 0.220 e. The lowest BCUT2D eigenvalue weighted by Gasteiger charge is -2.29. The third kappa shape index (κ3) is 3.68. The Hall–Kier alpha value is -2.14. The van der Waals surface area contributed by atoms with Gasteiger partial charge in [-0.3, -0.25) is 9.59 Å².